The Labute approximate surface area is 217 Å². The third-order valence-corrected chi connectivity index (χ3v) is 7.24. The number of carbonyl (C=O) groups excluding carboxylic acids is 1. The number of aliphatic imine (C=N–C) groups is 1. The first-order valence-electron chi connectivity index (χ1n) is 12.4. The van der Waals surface area contributed by atoms with E-state index in [1.807, 2.05) is 77.1 Å². The molecule has 0 saturated carbocycles. The summed E-state index contributed by atoms with van der Waals surface area (Å²) in [7, 11) is 1.10. The average Bonchev–Trinajstić information content (AvgIpc) is 3.36. The lowest BCUT2D eigenvalue weighted by atomic mass is 9.78. The number of methoxy groups -OCH3 is 1. The maximum Gasteiger partial charge on any atom is 0.494 e. The van der Waals surface area contributed by atoms with Gasteiger partial charge in [0.1, 0.15) is 17.3 Å². The molecule has 2 aromatic carbocycles. The molecule has 0 radical (unpaired) electrons. The minimum absolute atomic E-state index is 0.256. The van der Waals surface area contributed by atoms with Crippen molar-refractivity contribution in [2.75, 3.05) is 13.7 Å². The second-order valence-electron chi connectivity index (χ2n) is 10.3. The van der Waals surface area contributed by atoms with Crippen molar-refractivity contribution in [3.8, 4) is 11.5 Å². The van der Waals surface area contributed by atoms with Crippen molar-refractivity contribution in [3.05, 3.63) is 53.6 Å². The number of hydrogen-bond donors (Lipinski definition) is 1. The summed E-state index contributed by atoms with van der Waals surface area (Å²) in [6, 6.07) is 12.7. The van der Waals surface area contributed by atoms with Crippen LogP contribution in [0.5, 0.6) is 11.5 Å². The van der Waals surface area contributed by atoms with Gasteiger partial charge in [-0.25, -0.2) is 10.0 Å². The van der Waals surface area contributed by atoms with Crippen molar-refractivity contribution in [3.63, 3.8) is 0 Å². The molecule has 3 heterocycles. The molecular formula is C26H32BN5O5. The van der Waals surface area contributed by atoms with Crippen molar-refractivity contribution in [1.82, 2.24) is 10.3 Å². The molecule has 1 saturated heterocycles. The smallest absolute Gasteiger partial charge is 0.494 e. The number of amidine groups is 1. The standard InChI is InChI=1S/C26H32BN5O5/c1-7-35-20-14-17(27-36-25(2,3)26(4,5)37-27)10-13-19(20)22-28-23-21(24(33)29-22)30-31-32(23)15-16-8-11-18(34-6)12-9-16/h8-14,21,23H,7,15H2,1-6H3,(H,28,29,33). The monoisotopic (exact) mass is 505 g/mol. The zero-order chi connectivity index (χ0) is 26.4. The molecule has 0 aliphatic carbocycles. The molecule has 1 amide bonds. The van der Waals surface area contributed by atoms with Crippen LogP contribution < -0.4 is 20.3 Å². The van der Waals surface area contributed by atoms with Crippen LogP contribution in [0.1, 0.15) is 45.7 Å². The van der Waals surface area contributed by atoms with Crippen LogP contribution in [-0.4, -0.2) is 61.0 Å². The molecule has 5 rings (SSSR count). The summed E-state index contributed by atoms with van der Waals surface area (Å²) in [5.41, 5.74) is 1.59. The lowest BCUT2D eigenvalue weighted by Gasteiger charge is -2.32. The SMILES string of the molecule is CCOc1cc(B2OC(C)(C)C(C)(C)O2)ccc1C1=NC2C(N=NN2Cc2ccc(OC)cc2)C(=O)N1. The van der Waals surface area contributed by atoms with Crippen molar-refractivity contribution in [1.29, 1.82) is 0 Å². The first-order chi connectivity index (χ1) is 17.6. The predicted octanol–water partition coefficient (Wildman–Crippen LogP) is 2.85. The van der Waals surface area contributed by atoms with E-state index < -0.39 is 30.5 Å². The van der Waals surface area contributed by atoms with Gasteiger partial charge in [0.15, 0.2) is 12.2 Å². The van der Waals surface area contributed by atoms with E-state index in [2.05, 4.69) is 15.7 Å². The number of ether oxygens (including phenoxy) is 2. The van der Waals surface area contributed by atoms with Crippen LogP contribution in [0.3, 0.4) is 0 Å². The summed E-state index contributed by atoms with van der Waals surface area (Å²) >= 11 is 0. The van der Waals surface area contributed by atoms with E-state index in [1.54, 1.807) is 12.1 Å². The molecule has 0 spiro atoms. The van der Waals surface area contributed by atoms with Gasteiger partial charge in [0.2, 0.25) is 0 Å². The molecule has 194 valence electrons. The minimum atomic E-state index is -0.707. The minimum Gasteiger partial charge on any atom is -0.497 e. The number of benzene rings is 2. The van der Waals surface area contributed by atoms with E-state index >= 15 is 0 Å². The zero-order valence-electron chi connectivity index (χ0n) is 22.0. The Morgan fingerprint density at radius 1 is 1.08 bits per heavy atom. The van der Waals surface area contributed by atoms with Crippen molar-refractivity contribution < 1.29 is 23.6 Å². The molecule has 3 aliphatic heterocycles. The number of carbonyl (C=O) groups is 1. The fraction of sp³-hybridized carbons (Fsp3) is 0.462. The highest BCUT2D eigenvalue weighted by Gasteiger charge is 2.52. The topological polar surface area (TPSA) is 106 Å². The molecule has 1 N–H and O–H groups in total. The molecule has 0 aromatic heterocycles. The zero-order valence-corrected chi connectivity index (χ0v) is 22.0. The van der Waals surface area contributed by atoms with E-state index in [-0.39, 0.29) is 5.91 Å². The van der Waals surface area contributed by atoms with E-state index in [4.69, 9.17) is 23.8 Å². The molecule has 37 heavy (non-hydrogen) atoms. The third-order valence-electron chi connectivity index (χ3n) is 7.24. The normalized spacial score (nSPS) is 23.5. The van der Waals surface area contributed by atoms with Crippen LogP contribution in [0.15, 0.2) is 57.8 Å². The molecule has 2 unspecified atom stereocenters. The van der Waals surface area contributed by atoms with Gasteiger partial charge in [-0.3, -0.25) is 4.79 Å². The fourth-order valence-electron chi connectivity index (χ4n) is 4.39. The number of fused-ring (bicyclic) bond motifs is 1. The maximum atomic E-state index is 13.0. The fourth-order valence-corrected chi connectivity index (χ4v) is 4.39. The highest BCUT2D eigenvalue weighted by atomic mass is 16.7. The summed E-state index contributed by atoms with van der Waals surface area (Å²) in [5, 5.41) is 13.0. The maximum absolute atomic E-state index is 13.0. The van der Waals surface area contributed by atoms with Crippen LogP contribution in [0.25, 0.3) is 0 Å². The van der Waals surface area contributed by atoms with Crippen LogP contribution in [0, 0.1) is 0 Å². The third kappa shape index (κ3) is 4.69. The Morgan fingerprint density at radius 2 is 1.78 bits per heavy atom. The van der Waals surface area contributed by atoms with Crippen molar-refractivity contribution in [2.45, 2.75) is 64.6 Å². The molecule has 0 bridgehead atoms. The summed E-state index contributed by atoms with van der Waals surface area (Å²) in [4.78, 5) is 17.8. The van der Waals surface area contributed by atoms with E-state index in [1.165, 1.54) is 0 Å². The second kappa shape index (κ2) is 9.46. The van der Waals surface area contributed by atoms with Crippen LogP contribution >= 0.6 is 0 Å². The van der Waals surface area contributed by atoms with Crippen LogP contribution in [-0.2, 0) is 20.6 Å². The molecule has 3 aliphatic rings. The van der Waals surface area contributed by atoms with Gasteiger partial charge in [-0.05, 0) is 69.9 Å². The highest BCUT2D eigenvalue weighted by Crippen LogP contribution is 2.37. The molecular weight excluding hydrogens is 473 g/mol. The Balaban J connectivity index is 1.42. The molecule has 1 fully saturated rings. The lowest BCUT2D eigenvalue weighted by molar-refractivity contribution is -0.122. The average molecular weight is 505 g/mol. The Morgan fingerprint density at radius 3 is 2.43 bits per heavy atom. The number of nitrogens with zero attached hydrogens (tertiary/aromatic N) is 4. The van der Waals surface area contributed by atoms with Crippen LogP contribution in [0.2, 0.25) is 0 Å². The summed E-state index contributed by atoms with van der Waals surface area (Å²) in [6.45, 7) is 10.9. The lowest BCUT2D eigenvalue weighted by Crippen LogP contribution is -2.51. The van der Waals surface area contributed by atoms with Crippen LogP contribution in [0.4, 0.5) is 0 Å². The van der Waals surface area contributed by atoms with Gasteiger partial charge in [-0.1, -0.05) is 23.4 Å². The Kier molecular flexibility index (Phi) is 6.45. The first-order valence-corrected chi connectivity index (χ1v) is 12.4. The Hall–Kier alpha value is -3.44. The second-order valence-corrected chi connectivity index (χ2v) is 10.3. The van der Waals surface area contributed by atoms with Crippen molar-refractivity contribution in [2.24, 2.45) is 15.3 Å². The predicted molar refractivity (Wildman–Crippen MR) is 139 cm³/mol. The molecule has 2 atom stereocenters. The first kappa shape index (κ1) is 25.2. The summed E-state index contributed by atoms with van der Waals surface area (Å²) in [5.74, 6) is 1.52. The number of amides is 1. The molecule has 10 nitrogen and oxygen atoms in total. The van der Waals surface area contributed by atoms with Gasteiger partial charge >= 0.3 is 7.12 Å². The van der Waals surface area contributed by atoms with Crippen molar-refractivity contribution >= 4 is 24.3 Å². The molecule has 11 heteroatoms. The quantitative estimate of drug-likeness (QED) is 0.581. The Bertz CT molecular complexity index is 1230. The van der Waals surface area contributed by atoms with Gasteiger partial charge in [0.25, 0.3) is 5.91 Å². The summed E-state index contributed by atoms with van der Waals surface area (Å²) in [6.07, 6.45) is -0.553. The van der Waals surface area contributed by atoms with E-state index in [9.17, 15) is 4.79 Å². The van der Waals surface area contributed by atoms with E-state index in [0.717, 1.165) is 16.8 Å². The number of nitrogens with one attached hydrogen (secondary N) is 1. The highest BCUT2D eigenvalue weighted by molar-refractivity contribution is 6.62. The molecule has 2 aromatic rings. The summed E-state index contributed by atoms with van der Waals surface area (Å²) < 4.78 is 23.6. The van der Waals surface area contributed by atoms with Gasteiger partial charge in [0, 0.05) is 0 Å². The van der Waals surface area contributed by atoms with E-state index in [0.29, 0.717) is 30.3 Å². The largest absolute Gasteiger partial charge is 0.497 e. The number of hydrogen-bond acceptors (Lipinski definition) is 9. The van der Waals surface area contributed by atoms with Gasteiger partial charge < -0.3 is 24.1 Å². The van der Waals surface area contributed by atoms with Gasteiger partial charge in [-0.15, -0.1) is 0 Å². The van der Waals surface area contributed by atoms with Gasteiger partial charge in [0.05, 0.1) is 37.0 Å². The van der Waals surface area contributed by atoms with Gasteiger partial charge in [-0.2, -0.15) is 5.11 Å². The number of rotatable bonds is 7.